The molecule has 126 valence electrons. The highest BCUT2D eigenvalue weighted by Crippen LogP contribution is 2.24. The molecule has 0 spiro atoms. The molecule has 0 aliphatic carbocycles. The fourth-order valence-corrected chi connectivity index (χ4v) is 3.21. The van der Waals surface area contributed by atoms with Gasteiger partial charge < -0.3 is 9.80 Å². The van der Waals surface area contributed by atoms with Crippen molar-refractivity contribution in [2.45, 2.75) is 25.7 Å². The van der Waals surface area contributed by atoms with Crippen LogP contribution in [0.2, 0.25) is 0 Å². The van der Waals surface area contributed by atoms with Crippen molar-refractivity contribution in [1.29, 1.82) is 0 Å². The second-order valence-corrected chi connectivity index (χ2v) is 6.11. The van der Waals surface area contributed by atoms with Crippen LogP contribution in [0.1, 0.15) is 31.2 Å². The summed E-state index contributed by atoms with van der Waals surface area (Å²) in [5.74, 6) is 0.963. The van der Waals surface area contributed by atoms with Crippen LogP contribution in [0.3, 0.4) is 0 Å². The Morgan fingerprint density at radius 2 is 1.71 bits per heavy atom. The number of piperazine rings is 1. The molecule has 2 aromatic rings. The molecule has 1 aromatic carbocycles. The average Bonchev–Trinajstić information content (AvgIpc) is 2.67. The Morgan fingerprint density at radius 1 is 1.04 bits per heavy atom. The van der Waals surface area contributed by atoms with Crippen molar-refractivity contribution in [3.05, 3.63) is 54.4 Å². The second kappa shape index (κ2) is 7.90. The summed E-state index contributed by atoms with van der Waals surface area (Å²) in [5.41, 5.74) is 1.12. The largest absolute Gasteiger partial charge is 0.339 e. The van der Waals surface area contributed by atoms with Crippen LogP contribution in [-0.4, -0.2) is 47.0 Å². The molecular formula is C19H24N4O. The average molecular weight is 324 g/mol. The van der Waals surface area contributed by atoms with E-state index in [4.69, 9.17) is 0 Å². The molecule has 0 bridgehead atoms. The summed E-state index contributed by atoms with van der Waals surface area (Å²) in [6, 6.07) is 12.0. The predicted molar refractivity (Wildman–Crippen MR) is 94.9 cm³/mol. The molecule has 0 N–H and O–H groups in total. The minimum Gasteiger partial charge on any atom is -0.339 e. The van der Waals surface area contributed by atoms with Crippen LogP contribution in [-0.2, 0) is 4.79 Å². The summed E-state index contributed by atoms with van der Waals surface area (Å²) in [5, 5.41) is 0. The number of amides is 1. The van der Waals surface area contributed by atoms with Gasteiger partial charge >= 0.3 is 0 Å². The van der Waals surface area contributed by atoms with Gasteiger partial charge in [-0.25, -0.2) is 9.97 Å². The third kappa shape index (κ3) is 3.72. The summed E-state index contributed by atoms with van der Waals surface area (Å²) < 4.78 is 0. The van der Waals surface area contributed by atoms with E-state index in [0.717, 1.165) is 50.5 Å². The van der Waals surface area contributed by atoms with Crippen molar-refractivity contribution in [1.82, 2.24) is 14.9 Å². The molecule has 5 nitrogen and oxygen atoms in total. The van der Waals surface area contributed by atoms with E-state index in [2.05, 4.69) is 33.9 Å². The molecule has 1 aliphatic heterocycles. The van der Waals surface area contributed by atoms with Crippen molar-refractivity contribution in [2.24, 2.45) is 0 Å². The van der Waals surface area contributed by atoms with E-state index >= 15 is 0 Å². The third-order valence-corrected chi connectivity index (χ3v) is 4.50. The van der Waals surface area contributed by atoms with Gasteiger partial charge in [-0.3, -0.25) is 4.79 Å². The monoisotopic (exact) mass is 324 g/mol. The van der Waals surface area contributed by atoms with Crippen LogP contribution in [0.5, 0.6) is 0 Å². The summed E-state index contributed by atoms with van der Waals surface area (Å²) in [4.78, 5) is 25.7. The Bertz CT molecular complexity index is 639. The maximum Gasteiger partial charge on any atom is 0.230 e. The third-order valence-electron chi connectivity index (χ3n) is 4.50. The molecule has 5 heteroatoms. The van der Waals surface area contributed by atoms with E-state index in [-0.39, 0.29) is 11.8 Å². The van der Waals surface area contributed by atoms with Crippen molar-refractivity contribution in [3.63, 3.8) is 0 Å². The van der Waals surface area contributed by atoms with Crippen molar-refractivity contribution < 1.29 is 4.79 Å². The predicted octanol–water partition coefficient (Wildman–Crippen LogP) is 2.71. The normalized spacial score (nSPS) is 16.0. The Balaban J connectivity index is 1.65. The molecule has 1 aliphatic rings. The Labute approximate surface area is 143 Å². The maximum absolute atomic E-state index is 13.0. The van der Waals surface area contributed by atoms with Gasteiger partial charge in [0.2, 0.25) is 11.9 Å². The summed E-state index contributed by atoms with van der Waals surface area (Å²) in [6.45, 7) is 5.15. The molecule has 1 saturated heterocycles. The lowest BCUT2D eigenvalue weighted by Gasteiger charge is -2.36. The van der Waals surface area contributed by atoms with Gasteiger partial charge in [0, 0.05) is 38.6 Å². The zero-order chi connectivity index (χ0) is 16.8. The first-order valence-corrected chi connectivity index (χ1v) is 8.65. The topological polar surface area (TPSA) is 49.3 Å². The van der Waals surface area contributed by atoms with E-state index in [1.165, 1.54) is 0 Å². The fraction of sp³-hybridized carbons (Fsp3) is 0.421. The highest BCUT2D eigenvalue weighted by Gasteiger charge is 2.28. The Hall–Kier alpha value is -2.43. The highest BCUT2D eigenvalue weighted by atomic mass is 16.2. The van der Waals surface area contributed by atoms with Crippen LogP contribution in [0.4, 0.5) is 5.95 Å². The van der Waals surface area contributed by atoms with Gasteiger partial charge in [0.1, 0.15) is 0 Å². The van der Waals surface area contributed by atoms with Gasteiger partial charge in [-0.15, -0.1) is 0 Å². The lowest BCUT2D eigenvalue weighted by Crippen LogP contribution is -2.50. The first-order valence-electron chi connectivity index (χ1n) is 8.65. The minimum absolute atomic E-state index is 0.0317. The molecule has 0 radical (unpaired) electrons. The fourth-order valence-electron chi connectivity index (χ4n) is 3.21. The molecule has 3 rings (SSSR count). The van der Waals surface area contributed by atoms with Gasteiger partial charge in [-0.2, -0.15) is 0 Å². The van der Waals surface area contributed by atoms with Gasteiger partial charge in [0.25, 0.3) is 0 Å². The first-order chi connectivity index (χ1) is 11.8. The molecule has 1 fully saturated rings. The van der Waals surface area contributed by atoms with Crippen molar-refractivity contribution >= 4 is 11.9 Å². The molecule has 1 atom stereocenters. The molecular weight excluding hydrogens is 300 g/mol. The number of anilines is 1. The molecule has 1 amide bonds. The summed E-state index contributed by atoms with van der Waals surface area (Å²) in [6.07, 6.45) is 5.41. The number of hydrogen-bond donors (Lipinski definition) is 0. The van der Waals surface area contributed by atoms with Gasteiger partial charge in [-0.1, -0.05) is 43.7 Å². The van der Waals surface area contributed by atoms with Crippen LogP contribution >= 0.6 is 0 Å². The SMILES string of the molecule is CCCC(C(=O)N1CCN(c2ncccn2)CC1)c1ccccc1. The minimum atomic E-state index is -0.0317. The number of rotatable bonds is 5. The number of carbonyl (C=O) groups excluding carboxylic acids is 1. The van der Waals surface area contributed by atoms with E-state index in [0.29, 0.717) is 0 Å². The molecule has 2 heterocycles. The quantitative estimate of drug-likeness (QED) is 0.848. The van der Waals surface area contributed by atoms with Gasteiger partial charge in [0.15, 0.2) is 0 Å². The zero-order valence-electron chi connectivity index (χ0n) is 14.1. The first kappa shape index (κ1) is 16.4. The Morgan fingerprint density at radius 3 is 2.33 bits per heavy atom. The summed E-state index contributed by atoms with van der Waals surface area (Å²) >= 11 is 0. The van der Waals surface area contributed by atoms with Gasteiger partial charge in [-0.05, 0) is 18.1 Å². The lowest BCUT2D eigenvalue weighted by molar-refractivity contribution is -0.133. The zero-order valence-corrected chi connectivity index (χ0v) is 14.1. The molecule has 1 aromatic heterocycles. The van der Waals surface area contributed by atoms with Crippen LogP contribution in [0.15, 0.2) is 48.8 Å². The molecule has 24 heavy (non-hydrogen) atoms. The number of nitrogens with zero attached hydrogens (tertiary/aromatic N) is 4. The molecule has 0 saturated carbocycles. The van der Waals surface area contributed by atoms with E-state index < -0.39 is 0 Å². The summed E-state index contributed by atoms with van der Waals surface area (Å²) in [7, 11) is 0. The highest BCUT2D eigenvalue weighted by molar-refractivity contribution is 5.84. The second-order valence-electron chi connectivity index (χ2n) is 6.11. The standard InChI is InChI=1S/C19H24N4O/c1-2-7-17(16-8-4-3-5-9-16)18(24)22-12-14-23(15-13-22)19-20-10-6-11-21-19/h3-6,8-11,17H,2,7,12-15H2,1H3. The number of aromatic nitrogens is 2. The maximum atomic E-state index is 13.0. The smallest absolute Gasteiger partial charge is 0.230 e. The van der Waals surface area contributed by atoms with Gasteiger partial charge in [0.05, 0.1) is 5.92 Å². The van der Waals surface area contributed by atoms with E-state index in [1.807, 2.05) is 29.2 Å². The lowest BCUT2D eigenvalue weighted by atomic mass is 9.93. The number of hydrogen-bond acceptors (Lipinski definition) is 4. The molecule has 1 unspecified atom stereocenters. The Kier molecular flexibility index (Phi) is 5.41. The van der Waals surface area contributed by atoms with Crippen LogP contribution in [0.25, 0.3) is 0 Å². The van der Waals surface area contributed by atoms with E-state index in [9.17, 15) is 4.79 Å². The van der Waals surface area contributed by atoms with Crippen LogP contribution < -0.4 is 4.90 Å². The van der Waals surface area contributed by atoms with Crippen molar-refractivity contribution in [2.75, 3.05) is 31.1 Å². The van der Waals surface area contributed by atoms with Crippen LogP contribution in [0, 0.1) is 0 Å². The number of carbonyl (C=O) groups is 1. The van der Waals surface area contributed by atoms with Crippen molar-refractivity contribution in [3.8, 4) is 0 Å². The van der Waals surface area contributed by atoms with E-state index in [1.54, 1.807) is 12.4 Å². The number of benzene rings is 1.